The van der Waals surface area contributed by atoms with E-state index in [1.165, 1.54) is 11.8 Å². The Balaban J connectivity index is 2.26. The van der Waals surface area contributed by atoms with E-state index in [0.717, 1.165) is 32.3 Å². The number of hydrogen-bond acceptors (Lipinski definition) is 3. The van der Waals surface area contributed by atoms with E-state index < -0.39 is 0 Å². The number of hydrogen-bond donors (Lipinski definition) is 0. The first kappa shape index (κ1) is 9.58. The zero-order valence-corrected chi connectivity index (χ0v) is 7.97. The molecule has 0 spiro atoms. The van der Waals surface area contributed by atoms with Gasteiger partial charge in [0, 0.05) is 25.3 Å². The Morgan fingerprint density at radius 2 is 2.08 bits per heavy atom. The van der Waals surface area contributed by atoms with Crippen molar-refractivity contribution in [2.75, 3.05) is 13.1 Å². The van der Waals surface area contributed by atoms with E-state index in [1.54, 1.807) is 11.8 Å². The lowest BCUT2D eigenvalue weighted by Crippen LogP contribution is -2.33. The number of thioether (sulfide) groups is 1. The van der Waals surface area contributed by atoms with Crippen LogP contribution in [0.15, 0.2) is 0 Å². The number of piperidine rings is 1. The molecule has 0 unspecified atom stereocenters. The summed E-state index contributed by atoms with van der Waals surface area (Å²) in [4.78, 5) is 22.8. The minimum Gasteiger partial charge on any atom is -0.345 e. The van der Waals surface area contributed by atoms with Crippen molar-refractivity contribution in [1.82, 2.24) is 4.90 Å². The van der Waals surface area contributed by atoms with Crippen LogP contribution in [-0.2, 0) is 9.59 Å². The summed E-state index contributed by atoms with van der Waals surface area (Å²) in [6.45, 7) is 3.19. The SMILES string of the molecule is CC(=O)SC1CCN(C=O)CC1. The predicted octanol–water partition coefficient (Wildman–Crippen LogP) is 0.887. The topological polar surface area (TPSA) is 37.4 Å². The molecule has 0 aromatic rings. The molecule has 1 fully saturated rings. The fraction of sp³-hybridized carbons (Fsp3) is 0.750. The molecule has 0 N–H and O–H groups in total. The van der Waals surface area contributed by atoms with Gasteiger partial charge in [-0.25, -0.2) is 0 Å². The van der Waals surface area contributed by atoms with E-state index in [1.807, 2.05) is 0 Å². The second-order valence-electron chi connectivity index (χ2n) is 2.95. The average Bonchev–Trinajstić information content (AvgIpc) is 2.05. The smallest absolute Gasteiger partial charge is 0.209 e. The van der Waals surface area contributed by atoms with Crippen molar-refractivity contribution in [3.05, 3.63) is 0 Å². The van der Waals surface area contributed by atoms with Gasteiger partial charge in [-0.3, -0.25) is 9.59 Å². The van der Waals surface area contributed by atoms with Crippen molar-refractivity contribution in [1.29, 1.82) is 0 Å². The van der Waals surface area contributed by atoms with Gasteiger partial charge in [0.1, 0.15) is 0 Å². The van der Waals surface area contributed by atoms with Gasteiger partial charge in [-0.2, -0.15) is 0 Å². The predicted molar refractivity (Wildman–Crippen MR) is 48.9 cm³/mol. The molecule has 1 aliphatic rings. The van der Waals surface area contributed by atoms with Crippen LogP contribution in [0.1, 0.15) is 19.8 Å². The summed E-state index contributed by atoms with van der Waals surface area (Å²) in [5, 5.41) is 0.609. The first-order chi connectivity index (χ1) is 5.72. The molecule has 0 bridgehead atoms. The van der Waals surface area contributed by atoms with Gasteiger partial charge in [0.2, 0.25) is 6.41 Å². The molecule has 12 heavy (non-hydrogen) atoms. The third-order valence-electron chi connectivity index (χ3n) is 1.96. The fourth-order valence-corrected chi connectivity index (χ4v) is 2.25. The zero-order valence-electron chi connectivity index (χ0n) is 7.16. The van der Waals surface area contributed by atoms with Crippen LogP contribution in [0.25, 0.3) is 0 Å². The minimum absolute atomic E-state index is 0.180. The monoisotopic (exact) mass is 187 g/mol. The van der Waals surface area contributed by atoms with Crippen LogP contribution in [0, 0.1) is 0 Å². The molecule has 0 atom stereocenters. The maximum atomic E-state index is 10.7. The van der Waals surface area contributed by atoms with E-state index in [0.29, 0.717) is 5.25 Å². The van der Waals surface area contributed by atoms with Gasteiger partial charge in [0.05, 0.1) is 0 Å². The van der Waals surface area contributed by atoms with E-state index in [4.69, 9.17) is 0 Å². The first-order valence-electron chi connectivity index (χ1n) is 4.09. The number of amides is 1. The van der Waals surface area contributed by atoms with E-state index in [2.05, 4.69) is 0 Å². The van der Waals surface area contributed by atoms with Crippen LogP contribution >= 0.6 is 11.8 Å². The summed E-state index contributed by atoms with van der Waals surface area (Å²) in [5.41, 5.74) is 0. The van der Waals surface area contributed by atoms with E-state index in [9.17, 15) is 9.59 Å². The highest BCUT2D eigenvalue weighted by atomic mass is 32.2. The summed E-state index contributed by atoms with van der Waals surface area (Å²) in [5.74, 6) is 0. The molecule has 0 aromatic heterocycles. The second kappa shape index (κ2) is 4.50. The Morgan fingerprint density at radius 3 is 2.50 bits per heavy atom. The Morgan fingerprint density at radius 1 is 1.50 bits per heavy atom. The van der Waals surface area contributed by atoms with Crippen LogP contribution in [-0.4, -0.2) is 34.8 Å². The molecule has 0 aromatic carbocycles. The minimum atomic E-state index is 0.180. The van der Waals surface area contributed by atoms with Gasteiger partial charge in [0.25, 0.3) is 0 Å². The third kappa shape index (κ3) is 2.85. The summed E-state index contributed by atoms with van der Waals surface area (Å²) >= 11 is 1.41. The number of carbonyl (C=O) groups excluding carboxylic acids is 2. The van der Waals surface area contributed by atoms with Crippen molar-refractivity contribution in [3.8, 4) is 0 Å². The zero-order chi connectivity index (χ0) is 8.97. The molecule has 0 saturated carbocycles. The summed E-state index contributed by atoms with van der Waals surface area (Å²) in [6.07, 6.45) is 2.78. The van der Waals surface area contributed by atoms with Gasteiger partial charge in [0.15, 0.2) is 5.12 Å². The van der Waals surface area contributed by atoms with Gasteiger partial charge in [-0.05, 0) is 12.8 Å². The Kier molecular flexibility index (Phi) is 3.59. The van der Waals surface area contributed by atoms with Gasteiger partial charge >= 0.3 is 0 Å². The molecule has 0 radical (unpaired) electrons. The molecule has 1 rings (SSSR count). The summed E-state index contributed by atoms with van der Waals surface area (Å²) in [7, 11) is 0. The van der Waals surface area contributed by atoms with Crippen LogP contribution < -0.4 is 0 Å². The lowest BCUT2D eigenvalue weighted by Gasteiger charge is -2.27. The number of rotatable bonds is 2. The average molecular weight is 187 g/mol. The van der Waals surface area contributed by atoms with Crippen molar-refractivity contribution < 1.29 is 9.59 Å². The molecule has 1 aliphatic heterocycles. The van der Waals surface area contributed by atoms with Crippen molar-refractivity contribution in [3.63, 3.8) is 0 Å². The standard InChI is InChI=1S/C8H13NO2S/c1-7(11)12-8-2-4-9(6-10)5-3-8/h6,8H,2-5H2,1H3. The number of nitrogens with zero attached hydrogens (tertiary/aromatic N) is 1. The molecule has 1 saturated heterocycles. The molecule has 68 valence electrons. The van der Waals surface area contributed by atoms with Crippen molar-refractivity contribution in [2.24, 2.45) is 0 Å². The molecule has 4 heteroatoms. The summed E-state index contributed by atoms with van der Waals surface area (Å²) < 4.78 is 0. The maximum absolute atomic E-state index is 10.7. The third-order valence-corrected chi connectivity index (χ3v) is 3.09. The number of likely N-dealkylation sites (tertiary alicyclic amines) is 1. The highest BCUT2D eigenvalue weighted by Crippen LogP contribution is 2.22. The molecule has 1 amide bonds. The molecule has 3 nitrogen and oxygen atoms in total. The molecular formula is C8H13NO2S. The van der Waals surface area contributed by atoms with Crippen LogP contribution in [0.2, 0.25) is 0 Å². The van der Waals surface area contributed by atoms with Crippen LogP contribution in [0.5, 0.6) is 0 Å². The second-order valence-corrected chi connectivity index (χ2v) is 4.43. The quantitative estimate of drug-likeness (QED) is 0.602. The normalized spacial score (nSPS) is 19.2. The summed E-state index contributed by atoms with van der Waals surface area (Å²) in [6, 6.07) is 0. The molecule has 0 aliphatic carbocycles. The Bertz CT molecular complexity index is 176. The van der Waals surface area contributed by atoms with E-state index in [-0.39, 0.29) is 5.12 Å². The number of carbonyl (C=O) groups is 2. The maximum Gasteiger partial charge on any atom is 0.209 e. The van der Waals surface area contributed by atoms with Crippen LogP contribution in [0.3, 0.4) is 0 Å². The van der Waals surface area contributed by atoms with Gasteiger partial charge < -0.3 is 4.90 Å². The van der Waals surface area contributed by atoms with Gasteiger partial charge in [-0.15, -0.1) is 0 Å². The lowest BCUT2D eigenvalue weighted by molar-refractivity contribution is -0.118. The fourth-order valence-electron chi connectivity index (χ4n) is 1.33. The molecular weight excluding hydrogens is 174 g/mol. The Hall–Kier alpha value is -0.510. The molecule has 1 heterocycles. The largest absolute Gasteiger partial charge is 0.345 e. The van der Waals surface area contributed by atoms with E-state index >= 15 is 0 Å². The van der Waals surface area contributed by atoms with Crippen molar-refractivity contribution >= 4 is 23.3 Å². The lowest BCUT2D eigenvalue weighted by atomic mass is 10.1. The van der Waals surface area contributed by atoms with Crippen LogP contribution in [0.4, 0.5) is 0 Å². The first-order valence-corrected chi connectivity index (χ1v) is 4.97. The Labute approximate surface area is 76.5 Å². The van der Waals surface area contributed by atoms with Gasteiger partial charge in [-0.1, -0.05) is 11.8 Å². The highest BCUT2D eigenvalue weighted by molar-refractivity contribution is 8.14. The van der Waals surface area contributed by atoms with Crippen molar-refractivity contribution in [2.45, 2.75) is 25.0 Å². The highest BCUT2D eigenvalue weighted by Gasteiger charge is 2.19.